The van der Waals surface area contributed by atoms with Gasteiger partial charge in [-0.05, 0) is 44.2 Å². The molecule has 1 aliphatic heterocycles. The standard InChI is InChI=1S/C24H22N2O2/c1-18(27)20-13-10-19(11-14-20)12-15-22-25-23(21-8-4-2-5-9-21)24(28-22)26-16-6-3-7-17-26/h2,4-5,8-11,13-14H,3,6-7,16-17H2,1H3. The lowest BCUT2D eigenvalue weighted by atomic mass is 10.1. The lowest BCUT2D eigenvalue weighted by Crippen LogP contribution is -2.29. The largest absolute Gasteiger partial charge is 0.413 e. The molecule has 0 radical (unpaired) electrons. The van der Waals surface area contributed by atoms with Gasteiger partial charge in [0.1, 0.15) is 5.69 Å². The second-order valence-electron chi connectivity index (χ2n) is 6.97. The summed E-state index contributed by atoms with van der Waals surface area (Å²) in [5.74, 6) is 7.39. The fourth-order valence-electron chi connectivity index (χ4n) is 3.37. The molecule has 4 heteroatoms. The monoisotopic (exact) mass is 370 g/mol. The van der Waals surface area contributed by atoms with Crippen LogP contribution in [0.5, 0.6) is 0 Å². The summed E-state index contributed by atoms with van der Waals surface area (Å²) in [6.07, 6.45) is 3.59. The van der Waals surface area contributed by atoms with Gasteiger partial charge in [0.05, 0.1) is 0 Å². The number of hydrogen-bond donors (Lipinski definition) is 0. The van der Waals surface area contributed by atoms with E-state index in [-0.39, 0.29) is 5.78 Å². The molecule has 4 nitrogen and oxygen atoms in total. The van der Waals surface area contributed by atoms with Crippen molar-refractivity contribution in [1.29, 1.82) is 0 Å². The summed E-state index contributed by atoms with van der Waals surface area (Å²) in [5.41, 5.74) is 3.38. The van der Waals surface area contributed by atoms with Crippen LogP contribution < -0.4 is 4.90 Å². The van der Waals surface area contributed by atoms with E-state index in [1.807, 2.05) is 42.5 Å². The number of Topliss-reactive ketones (excluding diaryl/α,β-unsaturated/α-hetero) is 1. The molecule has 2 aromatic carbocycles. The van der Waals surface area contributed by atoms with E-state index in [9.17, 15) is 4.79 Å². The minimum atomic E-state index is 0.0471. The van der Waals surface area contributed by atoms with Crippen LogP contribution in [0.3, 0.4) is 0 Å². The number of oxazole rings is 1. The van der Waals surface area contributed by atoms with Gasteiger partial charge in [0.15, 0.2) is 5.78 Å². The van der Waals surface area contributed by atoms with Crippen molar-refractivity contribution < 1.29 is 9.21 Å². The molecule has 4 rings (SSSR count). The topological polar surface area (TPSA) is 46.3 Å². The third-order valence-corrected chi connectivity index (χ3v) is 4.90. The molecule has 1 aliphatic rings. The SMILES string of the molecule is CC(=O)c1ccc(C#Cc2nc(-c3ccccc3)c(N3CCCCC3)o2)cc1. The molecule has 0 saturated carbocycles. The Hall–Kier alpha value is -3.32. The highest BCUT2D eigenvalue weighted by Gasteiger charge is 2.21. The van der Waals surface area contributed by atoms with E-state index in [2.05, 4.69) is 21.7 Å². The molecule has 140 valence electrons. The van der Waals surface area contributed by atoms with Gasteiger partial charge < -0.3 is 9.32 Å². The Morgan fingerprint density at radius 2 is 1.68 bits per heavy atom. The van der Waals surface area contributed by atoms with Crippen LogP contribution in [0.1, 0.15) is 48.0 Å². The van der Waals surface area contributed by atoms with Crippen molar-refractivity contribution >= 4 is 11.7 Å². The van der Waals surface area contributed by atoms with Crippen molar-refractivity contribution in [2.75, 3.05) is 18.0 Å². The number of rotatable bonds is 3. The van der Waals surface area contributed by atoms with Gasteiger partial charge in [0.2, 0.25) is 5.88 Å². The maximum Gasteiger partial charge on any atom is 0.276 e. The van der Waals surface area contributed by atoms with Crippen LogP contribution in [0.25, 0.3) is 11.3 Å². The number of carbonyl (C=O) groups excluding carboxylic acids is 1. The van der Waals surface area contributed by atoms with Gasteiger partial charge in [-0.15, -0.1) is 0 Å². The molecule has 1 fully saturated rings. The van der Waals surface area contributed by atoms with E-state index in [0.717, 1.165) is 35.8 Å². The van der Waals surface area contributed by atoms with E-state index < -0.39 is 0 Å². The van der Waals surface area contributed by atoms with Crippen LogP contribution in [0.2, 0.25) is 0 Å². The third-order valence-electron chi connectivity index (χ3n) is 4.90. The number of anilines is 1. The lowest BCUT2D eigenvalue weighted by Gasteiger charge is -2.26. The third kappa shape index (κ3) is 3.99. The minimum absolute atomic E-state index is 0.0471. The van der Waals surface area contributed by atoms with E-state index >= 15 is 0 Å². The molecule has 0 N–H and O–H groups in total. The number of nitrogens with zero attached hydrogens (tertiary/aromatic N) is 2. The van der Waals surface area contributed by atoms with Crippen LogP contribution in [0, 0.1) is 11.8 Å². The van der Waals surface area contributed by atoms with Crippen molar-refractivity contribution in [1.82, 2.24) is 4.98 Å². The predicted octanol–water partition coefficient (Wildman–Crippen LogP) is 4.93. The molecule has 0 amide bonds. The van der Waals surface area contributed by atoms with Crippen molar-refractivity contribution in [2.24, 2.45) is 0 Å². The Kier molecular flexibility index (Phi) is 5.25. The maximum atomic E-state index is 11.4. The first-order valence-electron chi connectivity index (χ1n) is 9.65. The molecule has 3 aromatic rings. The predicted molar refractivity (Wildman–Crippen MR) is 110 cm³/mol. The van der Waals surface area contributed by atoms with Gasteiger partial charge in [-0.2, -0.15) is 4.98 Å². The molecule has 2 heterocycles. The van der Waals surface area contributed by atoms with Crippen LogP contribution >= 0.6 is 0 Å². The zero-order valence-electron chi connectivity index (χ0n) is 15.9. The van der Waals surface area contributed by atoms with E-state index in [0.29, 0.717) is 11.5 Å². The smallest absolute Gasteiger partial charge is 0.276 e. The molecule has 0 spiro atoms. The van der Waals surface area contributed by atoms with Crippen molar-refractivity contribution in [3.05, 3.63) is 71.6 Å². The number of piperidine rings is 1. The van der Waals surface area contributed by atoms with Crippen molar-refractivity contribution in [2.45, 2.75) is 26.2 Å². The number of aromatic nitrogens is 1. The second-order valence-corrected chi connectivity index (χ2v) is 6.97. The van der Waals surface area contributed by atoms with E-state index in [1.54, 1.807) is 19.1 Å². The Bertz CT molecular complexity index is 1020. The molecule has 0 bridgehead atoms. The highest BCUT2D eigenvalue weighted by molar-refractivity contribution is 5.94. The van der Waals surface area contributed by atoms with Gasteiger partial charge in [-0.1, -0.05) is 48.4 Å². The van der Waals surface area contributed by atoms with Gasteiger partial charge in [0, 0.05) is 29.8 Å². The molecular weight excluding hydrogens is 348 g/mol. The number of hydrogen-bond acceptors (Lipinski definition) is 4. The molecule has 0 atom stereocenters. The van der Waals surface area contributed by atoms with Gasteiger partial charge in [0.25, 0.3) is 5.89 Å². The number of carbonyl (C=O) groups is 1. The summed E-state index contributed by atoms with van der Waals surface area (Å²) in [6.45, 7) is 3.52. The highest BCUT2D eigenvalue weighted by atomic mass is 16.4. The van der Waals surface area contributed by atoms with E-state index in [1.165, 1.54) is 19.3 Å². The summed E-state index contributed by atoms with van der Waals surface area (Å²) in [6, 6.07) is 17.4. The minimum Gasteiger partial charge on any atom is -0.413 e. The van der Waals surface area contributed by atoms with Crippen LogP contribution in [-0.2, 0) is 0 Å². The molecule has 28 heavy (non-hydrogen) atoms. The van der Waals surface area contributed by atoms with Gasteiger partial charge >= 0.3 is 0 Å². The fourth-order valence-corrected chi connectivity index (χ4v) is 3.37. The van der Waals surface area contributed by atoms with Crippen LogP contribution in [0.4, 0.5) is 5.88 Å². The quantitative estimate of drug-likeness (QED) is 0.484. The first-order chi connectivity index (χ1) is 13.7. The van der Waals surface area contributed by atoms with Crippen LogP contribution in [-0.4, -0.2) is 23.9 Å². The molecule has 0 aliphatic carbocycles. The summed E-state index contributed by atoms with van der Waals surface area (Å²) >= 11 is 0. The Morgan fingerprint density at radius 3 is 2.36 bits per heavy atom. The number of ketones is 1. The molecule has 0 unspecified atom stereocenters. The second kappa shape index (κ2) is 8.14. The fraction of sp³-hybridized carbons (Fsp3) is 0.250. The Morgan fingerprint density at radius 1 is 0.964 bits per heavy atom. The first kappa shape index (κ1) is 18.1. The van der Waals surface area contributed by atoms with Gasteiger partial charge in [-0.25, -0.2) is 0 Å². The number of benzene rings is 2. The average Bonchev–Trinajstić information content (AvgIpc) is 3.18. The van der Waals surface area contributed by atoms with Gasteiger partial charge in [-0.3, -0.25) is 4.79 Å². The summed E-state index contributed by atoms with van der Waals surface area (Å²) < 4.78 is 6.08. The molecule has 1 saturated heterocycles. The zero-order chi connectivity index (χ0) is 19.3. The summed E-state index contributed by atoms with van der Waals surface area (Å²) in [5, 5.41) is 0. The van der Waals surface area contributed by atoms with E-state index in [4.69, 9.17) is 4.42 Å². The zero-order valence-corrected chi connectivity index (χ0v) is 15.9. The first-order valence-corrected chi connectivity index (χ1v) is 9.65. The molecular formula is C24H22N2O2. The lowest BCUT2D eigenvalue weighted by molar-refractivity contribution is 0.101. The normalized spacial score (nSPS) is 13.7. The Balaban J connectivity index is 1.66. The maximum absolute atomic E-state index is 11.4. The average molecular weight is 370 g/mol. The highest BCUT2D eigenvalue weighted by Crippen LogP contribution is 2.32. The van der Waals surface area contributed by atoms with Crippen molar-refractivity contribution in [3.8, 4) is 23.1 Å². The molecule has 1 aromatic heterocycles. The summed E-state index contributed by atoms with van der Waals surface area (Å²) in [4.78, 5) is 18.3. The Labute approximate surface area is 165 Å². The summed E-state index contributed by atoms with van der Waals surface area (Å²) in [7, 11) is 0. The van der Waals surface area contributed by atoms with Crippen molar-refractivity contribution in [3.63, 3.8) is 0 Å². The van der Waals surface area contributed by atoms with Crippen LogP contribution in [0.15, 0.2) is 59.0 Å².